The number of halogens is 13. The first-order valence-electron chi connectivity index (χ1n) is 8.43. The Kier molecular flexibility index (Phi) is 7.42. The van der Waals surface area contributed by atoms with Gasteiger partial charge in [-0.25, -0.2) is 0 Å². The average Bonchev–Trinajstić information content (AvgIpc) is 2.59. The topological polar surface area (TPSA) is 29.5 Å². The maximum atomic E-state index is 13.9. The Labute approximate surface area is 172 Å². The maximum Gasteiger partial charge on any atom is 0.460 e. The first kappa shape index (κ1) is 28.1. The fourth-order valence-corrected chi connectivity index (χ4v) is 2.36. The van der Waals surface area contributed by atoms with Gasteiger partial charge in [-0.2, -0.15) is 57.1 Å². The summed E-state index contributed by atoms with van der Waals surface area (Å²) in [6.07, 6.45) is -13.4. The Morgan fingerprint density at radius 2 is 1.22 bits per heavy atom. The summed E-state index contributed by atoms with van der Waals surface area (Å²) in [6, 6.07) is 3.91. The third-order valence-electron chi connectivity index (χ3n) is 4.06. The Morgan fingerprint density at radius 3 is 1.66 bits per heavy atom. The largest absolute Gasteiger partial charge is 0.491 e. The van der Waals surface area contributed by atoms with E-state index in [0.717, 1.165) is 18.2 Å². The smallest absolute Gasteiger partial charge is 0.460 e. The molecule has 0 aliphatic rings. The normalized spacial score (nSPS) is 15.8. The molecule has 0 bridgehead atoms. The SMILES string of the molecule is CC(C)Oc1cccc(C(O)CC(F)(F)C(F)(F)C(F)(F)C(F)(F)C(F)(F)C(F)(F)F)c1. The van der Waals surface area contributed by atoms with Gasteiger partial charge in [0.05, 0.1) is 12.2 Å². The van der Waals surface area contributed by atoms with Gasteiger partial charge in [-0.3, -0.25) is 0 Å². The van der Waals surface area contributed by atoms with E-state index >= 15 is 0 Å². The van der Waals surface area contributed by atoms with Crippen LogP contribution < -0.4 is 4.74 Å². The summed E-state index contributed by atoms with van der Waals surface area (Å²) in [4.78, 5) is 0. The predicted molar refractivity (Wildman–Crippen MR) is 82.6 cm³/mol. The molecule has 0 heterocycles. The third kappa shape index (κ3) is 4.71. The Hall–Kier alpha value is -1.93. The summed E-state index contributed by atoms with van der Waals surface area (Å²) in [5, 5.41) is 9.71. The molecule has 186 valence electrons. The van der Waals surface area contributed by atoms with Crippen molar-refractivity contribution < 1.29 is 66.9 Å². The summed E-state index contributed by atoms with van der Waals surface area (Å²) in [5.41, 5.74) is -0.644. The van der Waals surface area contributed by atoms with Crippen LogP contribution in [0, 0.1) is 0 Å². The fourth-order valence-electron chi connectivity index (χ4n) is 2.36. The fraction of sp³-hybridized carbons (Fsp3) is 0.647. The molecule has 0 aliphatic carbocycles. The van der Waals surface area contributed by atoms with E-state index in [1.54, 1.807) is 0 Å². The molecule has 0 saturated carbocycles. The van der Waals surface area contributed by atoms with Crippen LogP contribution in [0.5, 0.6) is 5.75 Å². The van der Waals surface area contributed by atoms with Crippen LogP contribution in [0.25, 0.3) is 0 Å². The molecule has 1 unspecified atom stereocenters. The third-order valence-corrected chi connectivity index (χ3v) is 4.06. The van der Waals surface area contributed by atoms with Crippen LogP contribution in [-0.4, -0.2) is 47.0 Å². The van der Waals surface area contributed by atoms with Gasteiger partial charge in [0.1, 0.15) is 5.75 Å². The van der Waals surface area contributed by atoms with Gasteiger partial charge in [0, 0.05) is 6.42 Å². The second-order valence-corrected chi connectivity index (χ2v) is 6.96. The lowest BCUT2D eigenvalue weighted by molar-refractivity contribution is -0.440. The van der Waals surface area contributed by atoms with Gasteiger partial charge in [0.15, 0.2) is 0 Å². The van der Waals surface area contributed by atoms with E-state index in [0.29, 0.717) is 0 Å². The number of benzene rings is 1. The molecule has 1 aromatic carbocycles. The van der Waals surface area contributed by atoms with E-state index in [9.17, 15) is 62.2 Å². The first-order chi connectivity index (χ1) is 14.0. The van der Waals surface area contributed by atoms with Crippen molar-refractivity contribution in [2.75, 3.05) is 0 Å². The van der Waals surface area contributed by atoms with E-state index in [1.807, 2.05) is 0 Å². The molecule has 0 fully saturated rings. The van der Waals surface area contributed by atoms with E-state index in [2.05, 4.69) is 0 Å². The van der Waals surface area contributed by atoms with Gasteiger partial charge < -0.3 is 9.84 Å². The number of alkyl halides is 13. The lowest BCUT2D eigenvalue weighted by Gasteiger charge is -2.40. The monoisotopic (exact) mass is 498 g/mol. The molecule has 0 spiro atoms. The molecule has 32 heavy (non-hydrogen) atoms. The summed E-state index contributed by atoms with van der Waals surface area (Å²) in [6.45, 7) is 3.02. The summed E-state index contributed by atoms with van der Waals surface area (Å²) >= 11 is 0. The molecule has 2 nitrogen and oxygen atoms in total. The van der Waals surface area contributed by atoms with Crippen molar-refractivity contribution in [3.63, 3.8) is 0 Å². The van der Waals surface area contributed by atoms with Crippen LogP contribution in [0.3, 0.4) is 0 Å². The van der Waals surface area contributed by atoms with Gasteiger partial charge in [0.25, 0.3) is 0 Å². The molecule has 0 aromatic heterocycles. The second kappa shape index (κ2) is 8.45. The van der Waals surface area contributed by atoms with Crippen molar-refractivity contribution in [3.05, 3.63) is 29.8 Å². The molecule has 1 atom stereocenters. The minimum Gasteiger partial charge on any atom is -0.491 e. The van der Waals surface area contributed by atoms with Crippen LogP contribution in [0.2, 0.25) is 0 Å². The zero-order chi connectivity index (χ0) is 25.6. The number of aliphatic hydroxyl groups excluding tert-OH is 1. The second-order valence-electron chi connectivity index (χ2n) is 6.96. The van der Waals surface area contributed by atoms with Crippen LogP contribution >= 0.6 is 0 Å². The average molecular weight is 498 g/mol. The molecule has 0 saturated heterocycles. The first-order valence-corrected chi connectivity index (χ1v) is 8.43. The van der Waals surface area contributed by atoms with E-state index in [4.69, 9.17) is 4.74 Å². The number of ether oxygens (including phenoxy) is 1. The molecule has 15 heteroatoms. The summed E-state index contributed by atoms with van der Waals surface area (Å²) < 4.78 is 175. The van der Waals surface area contributed by atoms with E-state index in [1.165, 1.54) is 19.9 Å². The molecular weight excluding hydrogens is 483 g/mol. The quantitative estimate of drug-likeness (QED) is 0.387. The van der Waals surface area contributed by atoms with Gasteiger partial charge in [-0.05, 0) is 31.5 Å². The van der Waals surface area contributed by atoms with Crippen LogP contribution in [-0.2, 0) is 0 Å². The Bertz CT molecular complexity index is 787. The lowest BCUT2D eigenvalue weighted by atomic mass is 9.90. The number of hydrogen-bond acceptors (Lipinski definition) is 2. The minimum atomic E-state index is -7.97. The lowest BCUT2D eigenvalue weighted by Crippen LogP contribution is -2.70. The van der Waals surface area contributed by atoms with Gasteiger partial charge in [-0.1, -0.05) is 12.1 Å². The van der Waals surface area contributed by atoms with Crippen molar-refractivity contribution in [1.82, 2.24) is 0 Å². The van der Waals surface area contributed by atoms with E-state index < -0.39 is 60.0 Å². The predicted octanol–water partition coefficient (Wildman–Crippen LogP) is 6.64. The Morgan fingerprint density at radius 1 is 0.750 bits per heavy atom. The number of hydrogen-bond donors (Lipinski definition) is 1. The van der Waals surface area contributed by atoms with Gasteiger partial charge in [-0.15, -0.1) is 0 Å². The van der Waals surface area contributed by atoms with Gasteiger partial charge >= 0.3 is 35.8 Å². The number of aliphatic hydroxyl groups is 1. The molecule has 0 radical (unpaired) electrons. The highest BCUT2D eigenvalue weighted by Crippen LogP contribution is 2.61. The van der Waals surface area contributed by atoms with Crippen molar-refractivity contribution in [3.8, 4) is 5.75 Å². The molecule has 0 aliphatic heterocycles. The standard InChI is InChI=1S/C17H15F13O2/c1-8(2)32-10-5-3-4-9(6-10)11(31)7-12(18,19)13(20,21)14(22,23)15(24,25)16(26,27)17(28,29)30/h3-6,8,11,31H,7H2,1-2H3. The molecule has 1 rings (SSSR count). The van der Waals surface area contributed by atoms with Crippen molar-refractivity contribution in [2.24, 2.45) is 0 Å². The van der Waals surface area contributed by atoms with Crippen LogP contribution in [0.4, 0.5) is 57.1 Å². The zero-order valence-corrected chi connectivity index (χ0v) is 15.9. The van der Waals surface area contributed by atoms with Crippen LogP contribution in [0.15, 0.2) is 24.3 Å². The highest BCUT2D eigenvalue weighted by atomic mass is 19.4. The number of rotatable bonds is 9. The van der Waals surface area contributed by atoms with Crippen molar-refractivity contribution in [1.29, 1.82) is 0 Å². The molecule has 1 N–H and O–H groups in total. The van der Waals surface area contributed by atoms with Gasteiger partial charge in [0.2, 0.25) is 0 Å². The maximum absolute atomic E-state index is 13.9. The molecule has 0 amide bonds. The Balaban J connectivity index is 3.31. The van der Waals surface area contributed by atoms with Crippen molar-refractivity contribution >= 4 is 0 Å². The minimum absolute atomic E-state index is 0.103. The highest BCUT2D eigenvalue weighted by Gasteiger charge is 2.90. The highest BCUT2D eigenvalue weighted by molar-refractivity contribution is 5.30. The van der Waals surface area contributed by atoms with E-state index in [-0.39, 0.29) is 5.75 Å². The van der Waals surface area contributed by atoms with Crippen molar-refractivity contribution in [2.45, 2.75) is 68.3 Å². The summed E-state index contributed by atoms with van der Waals surface area (Å²) in [5.74, 6) is -37.6. The van der Waals surface area contributed by atoms with Crippen LogP contribution in [0.1, 0.15) is 31.9 Å². The summed E-state index contributed by atoms with van der Waals surface area (Å²) in [7, 11) is 0. The zero-order valence-electron chi connectivity index (χ0n) is 15.9. The molecular formula is C17H15F13O2. The molecule has 1 aromatic rings.